The lowest BCUT2D eigenvalue weighted by Crippen LogP contribution is -2.36. The van der Waals surface area contributed by atoms with E-state index in [0.29, 0.717) is 18.8 Å². The summed E-state index contributed by atoms with van der Waals surface area (Å²) in [6.07, 6.45) is 13.0. The Bertz CT molecular complexity index is 1260. The van der Waals surface area contributed by atoms with Gasteiger partial charge in [0, 0.05) is 50.8 Å². The van der Waals surface area contributed by atoms with Gasteiger partial charge >= 0.3 is 0 Å². The molecule has 3 rings (SSSR count). The van der Waals surface area contributed by atoms with Gasteiger partial charge in [0.25, 0.3) is 0 Å². The normalized spacial score (nSPS) is 14.9. The number of H-pyrrole nitrogens is 1. The Kier molecular flexibility index (Phi) is 11.1. The number of fused-ring (bicyclic) bond motifs is 1. The highest BCUT2D eigenvalue weighted by Gasteiger charge is 2.19. The van der Waals surface area contributed by atoms with Crippen LogP contribution in [0.1, 0.15) is 51.5 Å². The summed E-state index contributed by atoms with van der Waals surface area (Å²) in [5, 5.41) is 7.38. The first kappa shape index (κ1) is 29.5. The van der Waals surface area contributed by atoms with Gasteiger partial charge in [-0.05, 0) is 49.5 Å². The van der Waals surface area contributed by atoms with Crippen molar-refractivity contribution in [1.29, 1.82) is 0 Å². The molecule has 1 unspecified atom stereocenters. The number of rotatable bonds is 13. The summed E-state index contributed by atoms with van der Waals surface area (Å²) in [7, 11) is 3.70. The van der Waals surface area contributed by atoms with Crippen LogP contribution in [0.2, 0.25) is 0 Å². The molecule has 1 aliphatic carbocycles. The van der Waals surface area contributed by atoms with Gasteiger partial charge in [0.1, 0.15) is 17.5 Å². The van der Waals surface area contributed by atoms with Crippen molar-refractivity contribution < 1.29 is 9.53 Å². The number of aromatic nitrogens is 2. The smallest absolute Gasteiger partial charge is 0.242 e. The molecule has 0 aliphatic heterocycles. The third-order valence-electron chi connectivity index (χ3n) is 6.68. The third kappa shape index (κ3) is 8.73. The minimum Gasteiger partial charge on any atom is -0.501 e. The van der Waals surface area contributed by atoms with Crippen LogP contribution in [0.4, 0.5) is 0 Å². The summed E-state index contributed by atoms with van der Waals surface area (Å²) in [4.78, 5) is 31.4. The molecule has 2 aromatic heterocycles. The van der Waals surface area contributed by atoms with E-state index in [-0.39, 0.29) is 5.96 Å². The number of unbranched alkanes of at least 4 members (excludes halogenated alkanes) is 1. The first-order valence-electron chi connectivity index (χ1n) is 13.5. The number of nitrogens with one attached hydrogen (secondary N) is 3. The van der Waals surface area contributed by atoms with Crippen LogP contribution in [0, 0.1) is 0 Å². The van der Waals surface area contributed by atoms with E-state index in [9.17, 15) is 4.79 Å². The van der Waals surface area contributed by atoms with Crippen LogP contribution in [-0.2, 0) is 16.0 Å². The van der Waals surface area contributed by atoms with Crippen molar-refractivity contribution >= 4 is 28.7 Å². The number of hydrogen-bond acceptors (Lipinski definition) is 5. The number of nitrogens with two attached hydrogens (primary N) is 1. The number of carbonyl (C=O) groups is 1. The SMILES string of the molecule is C=C(NCCC1=C(OC)CCC=C1)NC(=NC(Cc1c[nH]c2ncccc12)C(N)=O)/N=C(\C)N(C)CCCC. The number of ether oxygens (including phenoxy) is 1. The molecule has 2 aromatic rings. The fraction of sp³-hybridized carbons (Fsp3) is 0.448. The molecule has 10 nitrogen and oxygen atoms in total. The van der Waals surface area contributed by atoms with Gasteiger partial charge in [-0.3, -0.25) is 4.79 Å². The van der Waals surface area contributed by atoms with Crippen molar-refractivity contribution in [3.05, 3.63) is 66.0 Å². The highest BCUT2D eigenvalue weighted by atomic mass is 16.5. The van der Waals surface area contributed by atoms with Gasteiger partial charge in [-0.15, -0.1) is 0 Å². The van der Waals surface area contributed by atoms with E-state index in [1.807, 2.05) is 32.3 Å². The van der Waals surface area contributed by atoms with Crippen LogP contribution in [0.25, 0.3) is 11.0 Å². The number of allylic oxidation sites excluding steroid dienone is 3. The second-order valence-electron chi connectivity index (χ2n) is 9.60. The molecule has 0 spiro atoms. The summed E-state index contributed by atoms with van der Waals surface area (Å²) in [6, 6.07) is 2.98. The molecule has 39 heavy (non-hydrogen) atoms. The van der Waals surface area contributed by atoms with E-state index < -0.39 is 11.9 Å². The number of pyridine rings is 1. The van der Waals surface area contributed by atoms with Crippen molar-refractivity contribution in [2.24, 2.45) is 15.7 Å². The summed E-state index contributed by atoms with van der Waals surface area (Å²) >= 11 is 0. The Morgan fingerprint density at radius 3 is 2.97 bits per heavy atom. The summed E-state index contributed by atoms with van der Waals surface area (Å²) in [5.41, 5.74) is 8.63. The van der Waals surface area contributed by atoms with Gasteiger partial charge in [0.15, 0.2) is 0 Å². The van der Waals surface area contributed by atoms with Gasteiger partial charge < -0.3 is 31.0 Å². The van der Waals surface area contributed by atoms with Crippen molar-refractivity contribution in [3.63, 3.8) is 0 Å². The third-order valence-corrected chi connectivity index (χ3v) is 6.68. The van der Waals surface area contributed by atoms with E-state index in [4.69, 9.17) is 15.5 Å². The van der Waals surface area contributed by atoms with Crippen molar-refractivity contribution in [2.45, 2.75) is 58.4 Å². The zero-order chi connectivity index (χ0) is 28.2. The zero-order valence-electron chi connectivity index (χ0n) is 23.6. The number of guanidine groups is 1. The quantitative estimate of drug-likeness (QED) is 0.228. The highest BCUT2D eigenvalue weighted by molar-refractivity contribution is 5.97. The molecule has 1 amide bonds. The molecule has 5 N–H and O–H groups in total. The lowest BCUT2D eigenvalue weighted by atomic mass is 10.0. The molecule has 0 aromatic carbocycles. The minimum atomic E-state index is -0.834. The number of nitrogens with zero attached hydrogens (tertiary/aromatic N) is 4. The van der Waals surface area contributed by atoms with Crippen molar-refractivity contribution in [1.82, 2.24) is 25.5 Å². The van der Waals surface area contributed by atoms with E-state index >= 15 is 0 Å². The highest BCUT2D eigenvalue weighted by Crippen LogP contribution is 2.21. The molecule has 0 saturated heterocycles. The fourth-order valence-corrected chi connectivity index (χ4v) is 4.31. The van der Waals surface area contributed by atoms with E-state index in [1.165, 1.54) is 5.57 Å². The predicted molar refractivity (Wildman–Crippen MR) is 158 cm³/mol. The van der Waals surface area contributed by atoms with Gasteiger partial charge in [-0.1, -0.05) is 32.1 Å². The number of carbonyl (C=O) groups excluding carboxylic acids is 1. The minimum absolute atomic E-state index is 0.268. The first-order valence-corrected chi connectivity index (χ1v) is 13.5. The molecular formula is C29H42N8O2. The second-order valence-corrected chi connectivity index (χ2v) is 9.60. The fourth-order valence-electron chi connectivity index (χ4n) is 4.31. The molecule has 0 saturated carbocycles. The van der Waals surface area contributed by atoms with Crippen molar-refractivity contribution in [2.75, 3.05) is 27.2 Å². The Hall–Kier alpha value is -4.08. The Morgan fingerprint density at radius 1 is 1.41 bits per heavy atom. The Labute approximate surface area is 231 Å². The number of amidine groups is 1. The molecule has 1 aliphatic rings. The predicted octanol–water partition coefficient (Wildman–Crippen LogP) is 3.76. The molecule has 2 heterocycles. The number of primary amides is 1. The van der Waals surface area contributed by atoms with Crippen LogP contribution in [0.5, 0.6) is 0 Å². The number of methoxy groups -OCH3 is 1. The van der Waals surface area contributed by atoms with Crippen LogP contribution < -0.4 is 16.4 Å². The van der Waals surface area contributed by atoms with E-state index in [1.54, 1.807) is 13.3 Å². The molecular weight excluding hydrogens is 492 g/mol. The summed E-state index contributed by atoms with van der Waals surface area (Å²) < 4.78 is 5.53. The number of aromatic amines is 1. The van der Waals surface area contributed by atoms with E-state index in [2.05, 4.69) is 56.1 Å². The average Bonchev–Trinajstić information content (AvgIpc) is 3.34. The average molecular weight is 535 g/mol. The summed E-state index contributed by atoms with van der Waals surface area (Å²) in [5.74, 6) is 2.04. The number of hydrogen-bond donors (Lipinski definition) is 4. The topological polar surface area (TPSA) is 133 Å². The number of aliphatic imine (C=N–C) groups is 2. The molecule has 210 valence electrons. The monoisotopic (exact) mass is 534 g/mol. The zero-order valence-corrected chi connectivity index (χ0v) is 23.6. The van der Waals surface area contributed by atoms with Gasteiger partial charge in [-0.2, -0.15) is 0 Å². The van der Waals surface area contributed by atoms with Gasteiger partial charge in [-0.25, -0.2) is 15.0 Å². The largest absolute Gasteiger partial charge is 0.501 e. The number of amides is 1. The molecule has 0 radical (unpaired) electrons. The van der Waals surface area contributed by atoms with Crippen LogP contribution >= 0.6 is 0 Å². The van der Waals surface area contributed by atoms with Crippen LogP contribution in [0.3, 0.4) is 0 Å². The second kappa shape index (κ2) is 14.8. The maximum absolute atomic E-state index is 12.5. The Morgan fingerprint density at radius 2 is 2.23 bits per heavy atom. The molecule has 0 bridgehead atoms. The molecule has 0 fully saturated rings. The standard InChI is InChI=1S/C29H42N8O2/c1-6-7-17-37(4)21(3)35-29(34-20(2)31-16-14-22-11-8-9-13-26(22)39-5)36-25(27(30)38)18-23-19-33-28-24(23)12-10-15-32-28/h8,10-12,15,19,25,31H,2,6-7,9,13-14,16-18H2,1,3-5H3,(H2,30,38)(H,32,33)(H,34,36)/b35-21+. The molecule has 10 heteroatoms. The maximum atomic E-state index is 12.5. The van der Waals surface area contributed by atoms with Crippen LogP contribution in [0.15, 0.2) is 70.4 Å². The lowest BCUT2D eigenvalue weighted by molar-refractivity contribution is -0.119. The van der Waals surface area contributed by atoms with E-state index in [0.717, 1.165) is 66.8 Å². The maximum Gasteiger partial charge on any atom is 0.242 e. The van der Waals surface area contributed by atoms with Gasteiger partial charge in [0.2, 0.25) is 11.9 Å². The first-order chi connectivity index (χ1) is 18.8. The summed E-state index contributed by atoms with van der Waals surface area (Å²) in [6.45, 7) is 9.68. The molecule has 1 atom stereocenters. The van der Waals surface area contributed by atoms with Gasteiger partial charge in [0.05, 0.1) is 18.7 Å². The Balaban J connectivity index is 1.78. The van der Waals surface area contributed by atoms with Crippen molar-refractivity contribution in [3.8, 4) is 0 Å². The lowest BCUT2D eigenvalue weighted by Gasteiger charge is -2.20. The van der Waals surface area contributed by atoms with Crippen LogP contribution in [-0.4, -0.2) is 65.9 Å².